The summed E-state index contributed by atoms with van der Waals surface area (Å²) in [6, 6.07) is 0. The Hall–Kier alpha value is -0.120. The summed E-state index contributed by atoms with van der Waals surface area (Å²) in [6.45, 7) is 19.5. The molecule has 0 aromatic rings. The predicted molar refractivity (Wildman–Crippen MR) is 125 cm³/mol. The maximum atomic E-state index is 5.48. The van der Waals surface area contributed by atoms with Crippen LogP contribution in [0.1, 0.15) is 47.5 Å². The SMILES string of the molecule is CN=C(NCC(C)(C)N1CCOCC1)NCC(C)(C)N1CCCC(C)C1.I. The first-order valence-corrected chi connectivity index (χ1v) is 10.3. The van der Waals surface area contributed by atoms with Crippen LogP contribution in [0.4, 0.5) is 0 Å². The van der Waals surface area contributed by atoms with Crippen molar-refractivity contribution in [1.29, 1.82) is 0 Å². The molecule has 0 amide bonds. The molecule has 1 atom stereocenters. The number of hydrogen-bond donors (Lipinski definition) is 2. The van der Waals surface area contributed by atoms with Gasteiger partial charge in [0.1, 0.15) is 0 Å². The zero-order chi connectivity index (χ0) is 19.2. The van der Waals surface area contributed by atoms with E-state index in [1.54, 1.807) is 0 Å². The second-order valence-electron chi connectivity index (χ2n) is 9.20. The second kappa shape index (κ2) is 11.2. The van der Waals surface area contributed by atoms with Crippen molar-refractivity contribution in [3.63, 3.8) is 0 Å². The van der Waals surface area contributed by atoms with Gasteiger partial charge in [-0.25, -0.2) is 0 Å². The van der Waals surface area contributed by atoms with Crippen LogP contribution in [0.15, 0.2) is 4.99 Å². The summed E-state index contributed by atoms with van der Waals surface area (Å²) in [5.74, 6) is 1.69. The highest BCUT2D eigenvalue weighted by Gasteiger charge is 2.31. The van der Waals surface area contributed by atoms with Crippen molar-refractivity contribution in [2.45, 2.75) is 58.5 Å². The topological polar surface area (TPSA) is 52.1 Å². The fourth-order valence-corrected chi connectivity index (χ4v) is 3.95. The van der Waals surface area contributed by atoms with E-state index in [0.29, 0.717) is 0 Å². The Bertz CT molecular complexity index is 463. The van der Waals surface area contributed by atoms with Crippen molar-refractivity contribution >= 4 is 29.9 Å². The molecule has 0 radical (unpaired) electrons. The van der Waals surface area contributed by atoms with E-state index >= 15 is 0 Å². The molecule has 2 saturated heterocycles. The third kappa shape index (κ3) is 7.66. The smallest absolute Gasteiger partial charge is 0.191 e. The summed E-state index contributed by atoms with van der Waals surface area (Å²) < 4.78 is 5.48. The van der Waals surface area contributed by atoms with Gasteiger partial charge in [0, 0.05) is 50.8 Å². The summed E-state index contributed by atoms with van der Waals surface area (Å²) in [4.78, 5) is 9.55. The predicted octanol–water partition coefficient (Wildman–Crippen LogP) is 2.39. The molecule has 2 N–H and O–H groups in total. The molecule has 160 valence electrons. The van der Waals surface area contributed by atoms with Crippen LogP contribution in [0.25, 0.3) is 0 Å². The highest BCUT2D eigenvalue weighted by molar-refractivity contribution is 14.0. The number of guanidine groups is 1. The van der Waals surface area contributed by atoms with Crippen LogP contribution in [-0.4, -0.2) is 86.4 Å². The number of aliphatic imine (C=N–C) groups is 1. The molecule has 27 heavy (non-hydrogen) atoms. The van der Waals surface area contributed by atoms with E-state index in [0.717, 1.165) is 51.3 Å². The van der Waals surface area contributed by atoms with Gasteiger partial charge in [0.15, 0.2) is 5.96 Å². The van der Waals surface area contributed by atoms with Gasteiger partial charge in [-0.1, -0.05) is 6.92 Å². The van der Waals surface area contributed by atoms with Crippen molar-refractivity contribution in [2.75, 3.05) is 59.5 Å². The molecule has 2 fully saturated rings. The standard InChI is InChI=1S/C20H41N5O.HI/c1-17-8-7-9-25(14-17)20(4,5)16-23-18(21-6)22-15-19(2,3)24-10-12-26-13-11-24;/h17H,7-16H2,1-6H3,(H2,21,22,23);1H. The lowest BCUT2D eigenvalue weighted by Crippen LogP contribution is -2.58. The maximum absolute atomic E-state index is 5.48. The molecular weight excluding hydrogens is 453 g/mol. The number of morpholine rings is 1. The van der Waals surface area contributed by atoms with Crippen LogP contribution in [0, 0.1) is 5.92 Å². The second-order valence-corrected chi connectivity index (χ2v) is 9.20. The van der Waals surface area contributed by atoms with Gasteiger partial charge in [0.2, 0.25) is 0 Å². The highest BCUT2D eigenvalue weighted by atomic mass is 127. The average molecular weight is 495 g/mol. The van der Waals surface area contributed by atoms with E-state index in [1.165, 1.54) is 25.9 Å². The quantitative estimate of drug-likeness (QED) is 0.337. The van der Waals surface area contributed by atoms with E-state index in [-0.39, 0.29) is 35.1 Å². The lowest BCUT2D eigenvalue weighted by Gasteiger charge is -2.43. The molecule has 0 bridgehead atoms. The summed E-state index contributed by atoms with van der Waals surface area (Å²) in [5.41, 5.74) is 0.214. The molecule has 7 heteroatoms. The number of halogens is 1. The zero-order valence-corrected chi connectivity index (χ0v) is 20.6. The Morgan fingerprint density at radius 3 is 2.07 bits per heavy atom. The van der Waals surface area contributed by atoms with E-state index in [4.69, 9.17) is 4.74 Å². The lowest BCUT2D eigenvalue weighted by molar-refractivity contribution is -0.00836. The van der Waals surface area contributed by atoms with E-state index in [9.17, 15) is 0 Å². The Morgan fingerprint density at radius 1 is 1.00 bits per heavy atom. The molecule has 0 aliphatic carbocycles. The molecule has 2 aliphatic rings. The number of nitrogens with zero attached hydrogens (tertiary/aromatic N) is 3. The van der Waals surface area contributed by atoms with E-state index in [1.807, 2.05) is 7.05 Å². The van der Waals surface area contributed by atoms with Crippen molar-refractivity contribution in [3.8, 4) is 0 Å². The molecule has 1 unspecified atom stereocenters. The molecule has 0 aromatic carbocycles. The first-order chi connectivity index (χ1) is 12.2. The summed E-state index contributed by atoms with van der Waals surface area (Å²) in [7, 11) is 1.85. The summed E-state index contributed by atoms with van der Waals surface area (Å²) >= 11 is 0. The molecule has 2 heterocycles. The highest BCUT2D eigenvalue weighted by Crippen LogP contribution is 2.23. The number of nitrogens with one attached hydrogen (secondary N) is 2. The number of ether oxygens (including phenoxy) is 1. The fourth-order valence-electron chi connectivity index (χ4n) is 3.95. The number of piperidine rings is 1. The fraction of sp³-hybridized carbons (Fsp3) is 0.950. The molecule has 2 rings (SSSR count). The van der Waals surface area contributed by atoms with Crippen LogP contribution < -0.4 is 10.6 Å². The Labute approximate surface area is 183 Å². The van der Waals surface area contributed by atoms with Gasteiger partial charge in [0.25, 0.3) is 0 Å². The largest absolute Gasteiger partial charge is 0.379 e. The molecule has 0 aromatic heterocycles. The van der Waals surface area contributed by atoms with Crippen LogP contribution in [0.5, 0.6) is 0 Å². The normalized spacial score (nSPS) is 23.6. The molecule has 6 nitrogen and oxygen atoms in total. The Kier molecular flexibility index (Phi) is 10.3. The van der Waals surface area contributed by atoms with Gasteiger partial charge in [-0.3, -0.25) is 14.8 Å². The Balaban J connectivity index is 0.00000364. The van der Waals surface area contributed by atoms with Gasteiger partial charge in [-0.15, -0.1) is 24.0 Å². The maximum Gasteiger partial charge on any atom is 0.191 e. The van der Waals surface area contributed by atoms with Gasteiger partial charge in [-0.2, -0.15) is 0 Å². The minimum Gasteiger partial charge on any atom is -0.379 e. The number of likely N-dealkylation sites (tertiary alicyclic amines) is 1. The van der Waals surface area contributed by atoms with Crippen molar-refractivity contribution < 1.29 is 4.74 Å². The van der Waals surface area contributed by atoms with Gasteiger partial charge >= 0.3 is 0 Å². The van der Waals surface area contributed by atoms with Crippen LogP contribution in [0.3, 0.4) is 0 Å². The first kappa shape index (κ1) is 24.9. The summed E-state index contributed by atoms with van der Waals surface area (Å²) in [5, 5.41) is 7.08. The van der Waals surface area contributed by atoms with Gasteiger partial charge in [-0.05, 0) is 53.0 Å². The molecule has 2 aliphatic heterocycles. The third-order valence-electron chi connectivity index (χ3n) is 5.98. The molecule has 0 saturated carbocycles. The van der Waals surface area contributed by atoms with Crippen LogP contribution in [0.2, 0.25) is 0 Å². The van der Waals surface area contributed by atoms with Crippen LogP contribution >= 0.6 is 24.0 Å². The van der Waals surface area contributed by atoms with Gasteiger partial charge in [0.05, 0.1) is 13.2 Å². The summed E-state index contributed by atoms with van der Waals surface area (Å²) in [6.07, 6.45) is 2.67. The lowest BCUT2D eigenvalue weighted by atomic mass is 9.93. The number of rotatable bonds is 6. The van der Waals surface area contributed by atoms with Crippen molar-refractivity contribution in [2.24, 2.45) is 10.9 Å². The average Bonchev–Trinajstić information content (AvgIpc) is 2.62. The first-order valence-electron chi connectivity index (χ1n) is 10.3. The van der Waals surface area contributed by atoms with E-state index in [2.05, 4.69) is 60.0 Å². The van der Waals surface area contributed by atoms with E-state index < -0.39 is 0 Å². The van der Waals surface area contributed by atoms with Crippen LogP contribution in [-0.2, 0) is 4.74 Å². The molecule has 0 spiro atoms. The minimum atomic E-state index is 0. The van der Waals surface area contributed by atoms with Crippen molar-refractivity contribution in [3.05, 3.63) is 0 Å². The third-order valence-corrected chi connectivity index (χ3v) is 5.98. The number of hydrogen-bond acceptors (Lipinski definition) is 4. The minimum absolute atomic E-state index is 0. The monoisotopic (exact) mass is 495 g/mol. The molecular formula is C20H42IN5O. The Morgan fingerprint density at radius 2 is 1.56 bits per heavy atom. The van der Waals surface area contributed by atoms with Gasteiger partial charge < -0.3 is 15.4 Å². The zero-order valence-electron chi connectivity index (χ0n) is 18.3. The van der Waals surface area contributed by atoms with Crippen molar-refractivity contribution in [1.82, 2.24) is 20.4 Å².